The second-order valence-corrected chi connectivity index (χ2v) is 9.63. The molecule has 0 spiro atoms. The van der Waals surface area contributed by atoms with Gasteiger partial charge >= 0.3 is 11.9 Å². The fraction of sp³-hybridized carbons (Fsp3) is 0.818. The van der Waals surface area contributed by atoms with Crippen molar-refractivity contribution in [3.05, 3.63) is 0 Å². The molecular formula is C22H28O6. The summed E-state index contributed by atoms with van der Waals surface area (Å²) in [4.78, 5) is 51.4. The maximum Gasteiger partial charge on any atom is 0.309 e. The van der Waals surface area contributed by atoms with E-state index < -0.39 is 23.8 Å². The summed E-state index contributed by atoms with van der Waals surface area (Å²) in [5.74, 6) is -1.20. The minimum Gasteiger partial charge on any atom is -0.469 e. The molecule has 0 aromatic heterocycles. The predicted octanol–water partition coefficient (Wildman–Crippen LogP) is 2.04. The summed E-state index contributed by atoms with van der Waals surface area (Å²) in [6, 6.07) is 0. The van der Waals surface area contributed by atoms with Gasteiger partial charge in [0.15, 0.2) is 0 Å². The zero-order chi connectivity index (χ0) is 19.7. The van der Waals surface area contributed by atoms with Crippen LogP contribution >= 0.6 is 0 Å². The van der Waals surface area contributed by atoms with Crippen molar-refractivity contribution in [1.29, 1.82) is 0 Å². The summed E-state index contributed by atoms with van der Waals surface area (Å²) >= 11 is 0. The van der Waals surface area contributed by atoms with E-state index in [0.717, 1.165) is 25.7 Å². The molecule has 0 amide bonds. The van der Waals surface area contributed by atoms with E-state index in [1.807, 2.05) is 0 Å². The van der Waals surface area contributed by atoms with E-state index in [-0.39, 0.29) is 47.1 Å². The third-order valence-corrected chi connectivity index (χ3v) is 8.96. The maximum absolute atomic E-state index is 13.0. The summed E-state index contributed by atoms with van der Waals surface area (Å²) in [5.41, 5.74) is 0. The Bertz CT molecular complexity index is 681. The maximum atomic E-state index is 13.0. The lowest BCUT2D eigenvalue weighted by molar-refractivity contribution is -0.173. The SMILES string of the molecule is COC(=O)[C@@H]1[C@@H](C(=O)OC)[C@H]2[C@H](C[C@H]3CCC(=O)[C@H]32)[C@H]2C[C@H]3CCC(=O)[C@H]3[C@H]21. The number of Topliss-reactive ketones (excluding diaryl/α,β-unsaturated/α-hetero) is 2. The van der Waals surface area contributed by atoms with Crippen LogP contribution in [0.15, 0.2) is 0 Å². The Balaban J connectivity index is 1.63. The predicted molar refractivity (Wildman–Crippen MR) is 96.6 cm³/mol. The molecule has 0 radical (unpaired) electrons. The van der Waals surface area contributed by atoms with Crippen molar-refractivity contribution in [2.75, 3.05) is 14.2 Å². The molecule has 0 aliphatic heterocycles. The highest BCUT2D eigenvalue weighted by Gasteiger charge is 2.68. The summed E-state index contributed by atoms with van der Waals surface area (Å²) in [6.45, 7) is 0. The topological polar surface area (TPSA) is 86.7 Å². The van der Waals surface area contributed by atoms with Crippen LogP contribution in [0.25, 0.3) is 0 Å². The first kappa shape index (κ1) is 18.3. The van der Waals surface area contributed by atoms with Gasteiger partial charge in [0.25, 0.3) is 0 Å². The normalized spacial score (nSPS) is 48.6. The number of carbonyl (C=O) groups excluding carboxylic acids is 4. The molecule has 0 aromatic rings. The van der Waals surface area contributed by atoms with Gasteiger partial charge in [-0.25, -0.2) is 0 Å². The number of hydrogen-bond donors (Lipinski definition) is 0. The average Bonchev–Trinajstić information content (AvgIpc) is 3.42. The van der Waals surface area contributed by atoms with Gasteiger partial charge in [-0.1, -0.05) is 0 Å². The Hall–Kier alpha value is -1.72. The zero-order valence-corrected chi connectivity index (χ0v) is 16.5. The molecule has 10 atom stereocenters. The van der Waals surface area contributed by atoms with Gasteiger partial charge in [-0.2, -0.15) is 0 Å². The van der Waals surface area contributed by atoms with E-state index in [9.17, 15) is 19.2 Å². The number of esters is 2. The van der Waals surface area contributed by atoms with Crippen molar-refractivity contribution in [2.45, 2.75) is 38.5 Å². The van der Waals surface area contributed by atoms with Gasteiger partial charge in [-0.3, -0.25) is 19.2 Å². The third kappa shape index (κ3) is 2.26. The van der Waals surface area contributed by atoms with Gasteiger partial charge in [0.1, 0.15) is 11.6 Å². The first-order valence-corrected chi connectivity index (χ1v) is 10.7. The van der Waals surface area contributed by atoms with E-state index in [0.29, 0.717) is 24.7 Å². The van der Waals surface area contributed by atoms with Gasteiger partial charge in [0, 0.05) is 24.7 Å². The van der Waals surface area contributed by atoms with E-state index in [2.05, 4.69) is 0 Å². The molecule has 152 valence electrons. The highest BCUT2D eigenvalue weighted by molar-refractivity contribution is 5.89. The fourth-order valence-electron chi connectivity index (χ4n) is 8.26. The molecule has 5 fully saturated rings. The third-order valence-electron chi connectivity index (χ3n) is 8.96. The molecule has 5 rings (SSSR count). The molecule has 5 aliphatic carbocycles. The molecule has 0 bridgehead atoms. The number of rotatable bonds is 2. The molecule has 28 heavy (non-hydrogen) atoms. The lowest BCUT2D eigenvalue weighted by Crippen LogP contribution is -2.53. The van der Waals surface area contributed by atoms with E-state index in [1.165, 1.54) is 14.2 Å². The minimum absolute atomic E-state index is 0.140. The zero-order valence-electron chi connectivity index (χ0n) is 16.5. The summed E-state index contributed by atoms with van der Waals surface area (Å²) < 4.78 is 10.3. The lowest BCUT2D eigenvalue weighted by Gasteiger charge is -2.47. The number of hydrogen-bond acceptors (Lipinski definition) is 6. The van der Waals surface area contributed by atoms with Gasteiger partial charge in [-0.15, -0.1) is 0 Å². The van der Waals surface area contributed by atoms with Crippen molar-refractivity contribution in [3.8, 4) is 0 Å². The first-order valence-electron chi connectivity index (χ1n) is 10.7. The van der Waals surface area contributed by atoms with Gasteiger partial charge in [0.05, 0.1) is 26.1 Å². The minimum atomic E-state index is -0.673. The number of fused-ring (bicyclic) bond motifs is 7. The summed E-state index contributed by atoms with van der Waals surface area (Å²) in [6.07, 6.45) is 4.81. The van der Waals surface area contributed by atoms with Gasteiger partial charge < -0.3 is 9.47 Å². The fourth-order valence-corrected chi connectivity index (χ4v) is 8.26. The van der Waals surface area contributed by atoms with Crippen molar-refractivity contribution in [3.63, 3.8) is 0 Å². The second-order valence-electron chi connectivity index (χ2n) is 9.63. The van der Waals surface area contributed by atoms with Crippen LogP contribution in [0.5, 0.6) is 0 Å². The van der Waals surface area contributed by atoms with Crippen LogP contribution in [-0.2, 0) is 28.7 Å². The Kier molecular flexibility index (Phi) is 4.18. The monoisotopic (exact) mass is 388 g/mol. The molecule has 6 nitrogen and oxygen atoms in total. The van der Waals surface area contributed by atoms with E-state index in [1.54, 1.807) is 0 Å². The van der Waals surface area contributed by atoms with Gasteiger partial charge in [0.2, 0.25) is 0 Å². The molecule has 0 heterocycles. The van der Waals surface area contributed by atoms with E-state index >= 15 is 0 Å². The molecule has 0 unspecified atom stereocenters. The lowest BCUT2D eigenvalue weighted by atomic mass is 9.55. The highest BCUT2D eigenvalue weighted by atomic mass is 16.5. The standard InChI is InChI=1S/C22H28O6/c1-27-21(25)19-17-11(7-9-3-5-13(23)15(9)17)12-8-10-4-6-14(24)16(10)18(12)20(19)22(26)28-2/h9-12,15-20H,3-8H2,1-2H3/t9-,10-,11-,12-,15+,16+,17+,18+,19+,20+/m1/s1. The van der Waals surface area contributed by atoms with Crippen molar-refractivity contribution in [2.24, 2.45) is 59.2 Å². The number of carbonyl (C=O) groups is 4. The molecule has 0 N–H and O–H groups in total. The molecule has 6 heteroatoms. The summed E-state index contributed by atoms with van der Waals surface area (Å²) in [5, 5.41) is 0. The van der Waals surface area contributed by atoms with Gasteiger partial charge in [-0.05, 0) is 61.2 Å². The molecule has 0 aromatic carbocycles. The molecule has 5 aliphatic rings. The van der Waals surface area contributed by atoms with Crippen molar-refractivity contribution < 1.29 is 28.7 Å². The van der Waals surface area contributed by atoms with Crippen molar-refractivity contribution >= 4 is 23.5 Å². The Morgan fingerprint density at radius 3 is 1.50 bits per heavy atom. The van der Waals surface area contributed by atoms with Crippen LogP contribution in [0, 0.1) is 59.2 Å². The molecule has 5 saturated carbocycles. The Morgan fingerprint density at radius 1 is 0.750 bits per heavy atom. The largest absolute Gasteiger partial charge is 0.469 e. The van der Waals surface area contributed by atoms with Crippen LogP contribution in [-0.4, -0.2) is 37.7 Å². The van der Waals surface area contributed by atoms with Crippen LogP contribution < -0.4 is 0 Å². The van der Waals surface area contributed by atoms with Crippen LogP contribution in [0.3, 0.4) is 0 Å². The van der Waals surface area contributed by atoms with Crippen LogP contribution in [0.2, 0.25) is 0 Å². The average molecular weight is 388 g/mol. The highest BCUT2D eigenvalue weighted by Crippen LogP contribution is 2.67. The second kappa shape index (κ2) is 6.39. The molecular weight excluding hydrogens is 360 g/mol. The van der Waals surface area contributed by atoms with Crippen LogP contribution in [0.1, 0.15) is 38.5 Å². The number of ketones is 2. The smallest absolute Gasteiger partial charge is 0.309 e. The Morgan fingerprint density at radius 2 is 1.14 bits per heavy atom. The number of methoxy groups -OCH3 is 2. The number of ether oxygens (including phenoxy) is 2. The quantitative estimate of drug-likeness (QED) is 0.673. The first-order chi connectivity index (χ1) is 13.5. The van der Waals surface area contributed by atoms with Crippen molar-refractivity contribution in [1.82, 2.24) is 0 Å². The Labute approximate surface area is 164 Å². The molecule has 0 saturated heterocycles. The van der Waals surface area contributed by atoms with E-state index in [4.69, 9.17) is 9.47 Å². The van der Waals surface area contributed by atoms with Crippen LogP contribution in [0.4, 0.5) is 0 Å². The summed E-state index contributed by atoms with van der Waals surface area (Å²) in [7, 11) is 2.69.